The molecule has 6 nitrogen and oxygen atoms in total. The number of halogens is 4. The Morgan fingerprint density at radius 3 is 2.80 bits per heavy atom. The fraction of sp³-hybridized carbons (Fsp3) is 0.143. The normalized spacial score (nSPS) is 11.5. The third kappa shape index (κ3) is 3.99. The molecule has 3 rings (SSSR count). The number of nitrogens with one attached hydrogen (secondary N) is 1. The molecule has 130 valence electrons. The first-order valence-corrected chi connectivity index (χ1v) is 7.66. The summed E-state index contributed by atoms with van der Waals surface area (Å²) in [5, 5.41) is 10.4. The number of rotatable bonds is 4. The van der Waals surface area contributed by atoms with Crippen LogP contribution in [0.3, 0.4) is 0 Å². The maximum Gasteiger partial charge on any atom is 0.419 e. The fourth-order valence-corrected chi connectivity index (χ4v) is 2.52. The number of carbonyl (C=O) groups is 1. The van der Waals surface area contributed by atoms with Crippen molar-refractivity contribution in [1.29, 1.82) is 0 Å². The number of anilines is 1. The Bertz CT molecular complexity index is 891. The molecule has 1 N–H and O–H groups in total. The third-order valence-corrected chi connectivity index (χ3v) is 3.81. The van der Waals surface area contributed by atoms with Crippen LogP contribution in [0.2, 0.25) is 0 Å². The molecule has 0 aliphatic carbocycles. The van der Waals surface area contributed by atoms with Crippen molar-refractivity contribution in [3.05, 3.63) is 58.7 Å². The number of nitrogens with zero attached hydrogens (tertiary/aromatic N) is 4. The molecule has 25 heavy (non-hydrogen) atoms. The van der Waals surface area contributed by atoms with Gasteiger partial charge < -0.3 is 5.32 Å². The highest BCUT2D eigenvalue weighted by molar-refractivity contribution is 7.14. The Labute approximate surface area is 142 Å². The van der Waals surface area contributed by atoms with Crippen molar-refractivity contribution in [2.24, 2.45) is 0 Å². The number of alkyl halides is 3. The molecule has 0 bridgehead atoms. The lowest BCUT2D eigenvalue weighted by Crippen LogP contribution is -2.11. The number of hydrogen-bond donors (Lipinski definition) is 1. The van der Waals surface area contributed by atoms with Crippen molar-refractivity contribution in [2.75, 3.05) is 5.32 Å². The van der Waals surface area contributed by atoms with Crippen LogP contribution in [0, 0.1) is 5.82 Å². The molecule has 2 aromatic heterocycles. The average molecular weight is 371 g/mol. The standard InChI is InChI=1S/C14H9F4N5OS/c15-10-2-1-8(3-9(10)14(16,17)18)5-23-6-11(21-22-23)13(24)20-12-4-19-7-25-12/h1-4,6-7H,5H2,(H,20,24). The topological polar surface area (TPSA) is 72.7 Å². The Hall–Kier alpha value is -2.82. The van der Waals surface area contributed by atoms with E-state index in [-0.39, 0.29) is 17.8 Å². The Kier molecular flexibility index (Phi) is 4.49. The molecule has 0 saturated carbocycles. The van der Waals surface area contributed by atoms with Gasteiger partial charge in [0.25, 0.3) is 5.91 Å². The van der Waals surface area contributed by atoms with Gasteiger partial charge >= 0.3 is 6.18 Å². The molecule has 1 amide bonds. The molecule has 1 aromatic carbocycles. The maximum atomic E-state index is 13.3. The van der Waals surface area contributed by atoms with Gasteiger partial charge in [0.1, 0.15) is 10.8 Å². The molecule has 0 saturated heterocycles. The van der Waals surface area contributed by atoms with Gasteiger partial charge in [0, 0.05) is 0 Å². The zero-order chi connectivity index (χ0) is 18.0. The molecule has 0 fully saturated rings. The largest absolute Gasteiger partial charge is 0.419 e. The van der Waals surface area contributed by atoms with Crippen LogP contribution in [0.25, 0.3) is 0 Å². The summed E-state index contributed by atoms with van der Waals surface area (Å²) < 4.78 is 52.7. The smallest absolute Gasteiger partial charge is 0.311 e. The molecular weight excluding hydrogens is 362 g/mol. The van der Waals surface area contributed by atoms with Crippen LogP contribution in [0.15, 0.2) is 36.1 Å². The number of hydrogen-bond acceptors (Lipinski definition) is 5. The summed E-state index contributed by atoms with van der Waals surface area (Å²) in [7, 11) is 0. The van der Waals surface area contributed by atoms with E-state index in [1.165, 1.54) is 34.5 Å². The lowest BCUT2D eigenvalue weighted by molar-refractivity contribution is -0.140. The summed E-state index contributed by atoms with van der Waals surface area (Å²) in [6, 6.07) is 2.66. The van der Waals surface area contributed by atoms with Crippen LogP contribution in [-0.2, 0) is 12.7 Å². The van der Waals surface area contributed by atoms with Gasteiger partial charge in [-0.3, -0.25) is 9.78 Å². The minimum Gasteiger partial charge on any atom is -0.311 e. The highest BCUT2D eigenvalue weighted by Gasteiger charge is 2.34. The maximum absolute atomic E-state index is 13.3. The highest BCUT2D eigenvalue weighted by atomic mass is 32.1. The van der Waals surface area contributed by atoms with Crippen LogP contribution in [0.1, 0.15) is 21.6 Å². The van der Waals surface area contributed by atoms with Crippen molar-refractivity contribution < 1.29 is 22.4 Å². The molecule has 0 spiro atoms. The van der Waals surface area contributed by atoms with Gasteiger partial charge in [-0.05, 0) is 17.7 Å². The first-order valence-electron chi connectivity index (χ1n) is 6.78. The van der Waals surface area contributed by atoms with Gasteiger partial charge in [0.15, 0.2) is 5.69 Å². The number of carbonyl (C=O) groups excluding carboxylic acids is 1. The van der Waals surface area contributed by atoms with E-state index in [9.17, 15) is 22.4 Å². The second kappa shape index (κ2) is 6.59. The minimum absolute atomic E-state index is 0.00782. The van der Waals surface area contributed by atoms with Crippen LogP contribution in [0.5, 0.6) is 0 Å². The quantitative estimate of drug-likeness (QED) is 0.715. The molecule has 0 unspecified atom stereocenters. The van der Waals surface area contributed by atoms with E-state index in [1.54, 1.807) is 5.51 Å². The lowest BCUT2D eigenvalue weighted by Gasteiger charge is -2.09. The van der Waals surface area contributed by atoms with Gasteiger partial charge in [-0.2, -0.15) is 13.2 Å². The summed E-state index contributed by atoms with van der Waals surface area (Å²) in [5.41, 5.74) is 0.354. The lowest BCUT2D eigenvalue weighted by atomic mass is 10.1. The number of benzene rings is 1. The summed E-state index contributed by atoms with van der Waals surface area (Å²) in [4.78, 5) is 15.8. The zero-order valence-corrected chi connectivity index (χ0v) is 13.1. The van der Waals surface area contributed by atoms with Crippen LogP contribution >= 0.6 is 11.3 Å². The molecule has 0 aliphatic heterocycles. The van der Waals surface area contributed by atoms with Gasteiger partial charge in [-0.15, -0.1) is 16.4 Å². The first kappa shape index (κ1) is 17.0. The van der Waals surface area contributed by atoms with E-state index in [0.29, 0.717) is 11.1 Å². The first-order chi connectivity index (χ1) is 11.8. The fourth-order valence-electron chi connectivity index (χ4n) is 2.01. The van der Waals surface area contributed by atoms with Crippen molar-refractivity contribution in [1.82, 2.24) is 20.0 Å². The molecule has 3 aromatic rings. The number of amides is 1. The van der Waals surface area contributed by atoms with Crippen LogP contribution < -0.4 is 5.32 Å². The minimum atomic E-state index is -4.79. The monoisotopic (exact) mass is 371 g/mol. The van der Waals surface area contributed by atoms with E-state index in [4.69, 9.17) is 0 Å². The van der Waals surface area contributed by atoms with Gasteiger partial charge in [-0.1, -0.05) is 11.3 Å². The SMILES string of the molecule is O=C(Nc1cncs1)c1cn(Cc2ccc(F)c(C(F)(F)F)c2)nn1. The summed E-state index contributed by atoms with van der Waals surface area (Å²) in [6.07, 6.45) is -2.04. The Balaban J connectivity index is 1.74. The summed E-state index contributed by atoms with van der Waals surface area (Å²) >= 11 is 1.22. The van der Waals surface area contributed by atoms with E-state index >= 15 is 0 Å². The van der Waals surface area contributed by atoms with E-state index in [2.05, 4.69) is 20.6 Å². The average Bonchev–Trinajstić information content (AvgIpc) is 3.20. The highest BCUT2D eigenvalue weighted by Crippen LogP contribution is 2.32. The van der Waals surface area contributed by atoms with Crippen molar-refractivity contribution in [3.8, 4) is 0 Å². The number of aromatic nitrogens is 4. The Morgan fingerprint density at radius 2 is 2.12 bits per heavy atom. The summed E-state index contributed by atoms with van der Waals surface area (Å²) in [5.74, 6) is -1.87. The van der Waals surface area contributed by atoms with Gasteiger partial charge in [0.2, 0.25) is 0 Å². The van der Waals surface area contributed by atoms with Crippen molar-refractivity contribution in [2.45, 2.75) is 12.7 Å². The molecule has 0 radical (unpaired) electrons. The predicted octanol–water partition coefficient (Wildman–Crippen LogP) is 3.19. The molecule has 11 heteroatoms. The van der Waals surface area contributed by atoms with Crippen molar-refractivity contribution in [3.63, 3.8) is 0 Å². The van der Waals surface area contributed by atoms with E-state index in [1.807, 2.05) is 0 Å². The molecule has 0 atom stereocenters. The van der Waals surface area contributed by atoms with E-state index in [0.717, 1.165) is 6.07 Å². The molecule has 0 aliphatic rings. The van der Waals surface area contributed by atoms with Crippen LogP contribution in [-0.4, -0.2) is 25.9 Å². The molecule has 2 heterocycles. The zero-order valence-electron chi connectivity index (χ0n) is 12.3. The molecular formula is C14H9F4N5OS. The van der Waals surface area contributed by atoms with Crippen LogP contribution in [0.4, 0.5) is 22.6 Å². The van der Waals surface area contributed by atoms with E-state index < -0.39 is 23.5 Å². The van der Waals surface area contributed by atoms with Gasteiger partial charge in [0.05, 0.1) is 30.0 Å². The Morgan fingerprint density at radius 1 is 1.32 bits per heavy atom. The summed E-state index contributed by atoms with van der Waals surface area (Å²) in [6.45, 7) is -0.0931. The third-order valence-electron chi connectivity index (χ3n) is 3.12. The number of thiazole rings is 1. The predicted molar refractivity (Wildman–Crippen MR) is 80.6 cm³/mol. The van der Waals surface area contributed by atoms with Gasteiger partial charge in [-0.25, -0.2) is 9.07 Å². The second-order valence-electron chi connectivity index (χ2n) is 4.93. The second-order valence-corrected chi connectivity index (χ2v) is 5.82. The van der Waals surface area contributed by atoms with Crippen molar-refractivity contribution >= 4 is 22.2 Å².